The highest BCUT2D eigenvalue weighted by atomic mass is 16.6. The molecule has 0 radical (unpaired) electrons. The van der Waals surface area contributed by atoms with Gasteiger partial charge in [0.25, 0.3) is 35.4 Å². The monoisotopic (exact) mass is 1270 g/mol. The molecule has 0 spiro atoms. The summed E-state index contributed by atoms with van der Waals surface area (Å²) in [6.07, 6.45) is 4.64. The van der Waals surface area contributed by atoms with Crippen LogP contribution in [0.25, 0.3) is 11.0 Å². The number of aliphatic hydroxyl groups excluding tert-OH is 1. The molecule has 1 heterocycles. The molecule has 8 atom stereocenters. The highest BCUT2D eigenvalue weighted by Gasteiger charge is 2.35. The van der Waals surface area contributed by atoms with Crippen molar-refractivity contribution in [3.63, 3.8) is 0 Å². The number of guanidine groups is 4. The molecule has 496 valence electrons. The number of primary amides is 1. The van der Waals surface area contributed by atoms with Crippen LogP contribution in [-0.2, 0) is 38.4 Å². The van der Waals surface area contributed by atoms with E-state index in [0.29, 0.717) is 25.8 Å². The van der Waals surface area contributed by atoms with Gasteiger partial charge in [0.15, 0.2) is 66.4 Å². The maximum Gasteiger partial charge on any atom is 0.300 e. The number of hydrogen-bond acceptors (Lipinski definition) is 21. The Balaban J connectivity index is 1.76. The number of amides is 8. The van der Waals surface area contributed by atoms with Crippen LogP contribution in [-0.4, -0.2) is 148 Å². The molecule has 0 saturated carbocycles. The molecule has 8 amide bonds. The Kier molecular flexibility index (Phi) is 32.5. The second-order valence-electron chi connectivity index (χ2n) is 20.6. The summed E-state index contributed by atoms with van der Waals surface area (Å²) in [5.74, 6) is -13.0. The topological polar surface area (TPSA) is 647 Å². The van der Waals surface area contributed by atoms with Crippen molar-refractivity contribution in [2.45, 2.75) is 165 Å². The molecule has 3 aromatic rings. The number of fused-ring (bicyclic) bond motifs is 1. The molecule has 0 aliphatic rings. The molecule has 90 heavy (non-hydrogen) atoms. The smallest absolute Gasteiger partial charge is 0.300 e. The van der Waals surface area contributed by atoms with Crippen LogP contribution in [0.5, 0.6) is 0 Å². The van der Waals surface area contributed by atoms with Crippen LogP contribution in [0.15, 0.2) is 47.1 Å². The summed E-state index contributed by atoms with van der Waals surface area (Å²) in [5, 5.41) is 91.4. The third kappa shape index (κ3) is 27.6. The lowest BCUT2D eigenvalue weighted by atomic mass is 10.0. The molecule has 3 rings (SSSR count). The van der Waals surface area contributed by atoms with Crippen LogP contribution in [0.4, 0.5) is 11.4 Å². The van der Waals surface area contributed by atoms with Gasteiger partial charge >= 0.3 is 5.69 Å². The highest BCUT2D eigenvalue weighted by Crippen LogP contribution is 2.29. The van der Waals surface area contributed by atoms with Crippen molar-refractivity contribution < 1.29 is 53.0 Å². The standard InChI is InChI=1S/C52H86N26O12/c1-2-3-4-5-6-7-8-9-10-11-12-13-17-23-32(79)63-26-19-18-22-29(27-64-30-24-25-31(78(88)89)35-34(30)76-90-77-35)65-47(86)48(87)66-33(28-20-15-14-16-21-28)42(81)68-39(73-50(57)58)44(83)70-41(75-52(61)62)46(85)71-40(74-51(59)60)45(84)69-38(72-49(55)56)43(82)67-36(53)37(54)80/h14-16,20-21,24-25,29,33,36,38-41,47,64-65,86H,2-13,17-19,22-23,26-27,53H2,1H3,(H2,54,80)(H,63,79)(H,66,87)(H,67,82)(H,68,81)(H,69,84)(H,70,83)(H,71,85)(H4,55,56,72)(H4,57,58,73)(H4,59,60,74)(H4,61,62,75). The highest BCUT2D eigenvalue weighted by molar-refractivity contribution is 6.00. The zero-order valence-electron chi connectivity index (χ0n) is 49.8. The first-order valence-electron chi connectivity index (χ1n) is 29.0. The van der Waals surface area contributed by atoms with Crippen molar-refractivity contribution in [1.29, 1.82) is 21.6 Å². The van der Waals surface area contributed by atoms with Gasteiger partial charge in [-0.25, -0.2) is 4.63 Å². The summed E-state index contributed by atoms with van der Waals surface area (Å²) in [7, 11) is 0. The SMILES string of the molecule is CCCCCCCCCCCCCCCC(=O)NCCCCC(CNc1ccc([N+](=O)[O-])c2nonc12)NC(O)C(=O)NC(C(=O)NC(NC(=N)N)C(=O)NC(NC(=N)N)C(=O)NC(NC(=N)N)C(=O)NC(NC(=N)N)C(=O)NC(N)C(N)=O)c1ccccc1. The maximum absolute atomic E-state index is 14.3. The maximum atomic E-state index is 14.3. The first kappa shape index (κ1) is 74.0. The van der Waals surface area contributed by atoms with Crippen LogP contribution in [0.1, 0.15) is 128 Å². The van der Waals surface area contributed by atoms with Crippen molar-refractivity contribution >= 4 is 93.5 Å². The second kappa shape index (κ2) is 39.5. The average molecular weight is 1270 g/mol. The van der Waals surface area contributed by atoms with Gasteiger partial charge in [0.1, 0.15) is 6.04 Å². The third-order valence-corrected chi connectivity index (χ3v) is 13.3. The summed E-state index contributed by atoms with van der Waals surface area (Å²) in [4.78, 5) is 117. The number of nitrogens with two attached hydrogens (primary N) is 6. The van der Waals surface area contributed by atoms with Crippen molar-refractivity contribution in [2.75, 3.05) is 18.4 Å². The Morgan fingerprint density at radius 1 is 0.567 bits per heavy atom. The van der Waals surface area contributed by atoms with Gasteiger partial charge in [-0.3, -0.25) is 75.4 Å². The fraction of sp³-hybridized carbons (Fsp3) is 0.538. The summed E-state index contributed by atoms with van der Waals surface area (Å²) in [5.41, 5.74) is 32.2. The summed E-state index contributed by atoms with van der Waals surface area (Å²) in [6.45, 7) is 2.51. The molecule has 0 bridgehead atoms. The normalized spacial score (nSPS) is 13.5. The fourth-order valence-electron chi connectivity index (χ4n) is 8.72. The third-order valence-electron chi connectivity index (χ3n) is 13.3. The van der Waals surface area contributed by atoms with Crippen molar-refractivity contribution in [1.82, 2.24) is 74.1 Å². The lowest BCUT2D eigenvalue weighted by molar-refractivity contribution is -0.383. The van der Waals surface area contributed by atoms with E-state index in [1.807, 2.05) is 21.3 Å². The Morgan fingerprint density at radius 3 is 1.49 bits per heavy atom. The van der Waals surface area contributed by atoms with Gasteiger partial charge in [-0.1, -0.05) is 121 Å². The van der Waals surface area contributed by atoms with Gasteiger partial charge in [-0.2, -0.15) is 0 Å². The predicted molar refractivity (Wildman–Crippen MR) is 328 cm³/mol. The Labute approximate surface area is 517 Å². The van der Waals surface area contributed by atoms with Crippen LogP contribution < -0.4 is 104 Å². The van der Waals surface area contributed by atoms with E-state index in [1.54, 1.807) is 6.07 Å². The number of nitro groups is 1. The minimum absolute atomic E-state index is 0.0230. The molecule has 38 nitrogen and oxygen atoms in total. The molecule has 30 N–H and O–H groups in total. The molecule has 0 aliphatic carbocycles. The van der Waals surface area contributed by atoms with E-state index in [0.717, 1.165) is 25.7 Å². The van der Waals surface area contributed by atoms with Crippen LogP contribution in [0.2, 0.25) is 0 Å². The van der Waals surface area contributed by atoms with E-state index in [1.165, 1.54) is 94.2 Å². The van der Waals surface area contributed by atoms with Crippen molar-refractivity contribution in [2.24, 2.45) is 34.4 Å². The van der Waals surface area contributed by atoms with Crippen LogP contribution >= 0.6 is 0 Å². The van der Waals surface area contributed by atoms with Crippen molar-refractivity contribution in [3.05, 3.63) is 58.1 Å². The van der Waals surface area contributed by atoms with Crippen LogP contribution in [0.3, 0.4) is 0 Å². The predicted octanol–water partition coefficient (Wildman–Crippen LogP) is -3.97. The number of unbranched alkanes of at least 4 members (excludes halogenated alkanes) is 13. The lowest BCUT2D eigenvalue weighted by Crippen LogP contribution is -2.69. The first-order valence-corrected chi connectivity index (χ1v) is 29.0. The first-order chi connectivity index (χ1) is 42.8. The molecule has 38 heteroatoms. The van der Waals surface area contributed by atoms with Gasteiger partial charge in [-0.05, 0) is 41.2 Å². The zero-order valence-corrected chi connectivity index (χ0v) is 49.8. The number of nitrogens with one attached hydrogen (secondary N) is 17. The minimum Gasteiger partial charge on any atom is -0.382 e. The molecule has 8 unspecified atom stereocenters. The van der Waals surface area contributed by atoms with E-state index >= 15 is 0 Å². The van der Waals surface area contributed by atoms with E-state index in [-0.39, 0.29) is 46.8 Å². The number of anilines is 1. The van der Waals surface area contributed by atoms with E-state index in [4.69, 9.17) is 60.7 Å². The number of rotatable bonds is 43. The number of nitrogens with zero attached hydrogens (tertiary/aromatic N) is 3. The van der Waals surface area contributed by atoms with E-state index < -0.39 is 119 Å². The van der Waals surface area contributed by atoms with Crippen LogP contribution in [0, 0.1) is 31.8 Å². The molecule has 0 fully saturated rings. The summed E-state index contributed by atoms with van der Waals surface area (Å²) in [6, 6.07) is 7.45. The van der Waals surface area contributed by atoms with Gasteiger partial charge in [0.2, 0.25) is 17.3 Å². The lowest BCUT2D eigenvalue weighted by Gasteiger charge is -2.28. The molecular weight excluding hydrogens is 1180 g/mol. The summed E-state index contributed by atoms with van der Waals surface area (Å²) < 4.78 is 4.79. The molecule has 1 aromatic heterocycles. The minimum atomic E-state index is -2.18. The molecule has 0 aliphatic heterocycles. The fourth-order valence-corrected chi connectivity index (χ4v) is 8.72. The van der Waals surface area contributed by atoms with E-state index in [9.17, 15) is 53.6 Å². The average Bonchev–Trinajstić information content (AvgIpc) is 1.72. The van der Waals surface area contributed by atoms with Gasteiger partial charge in [0.05, 0.1) is 10.6 Å². The number of non-ortho nitro benzene ring substituents is 1. The number of carbonyl (C=O) groups is 8. The zero-order chi connectivity index (χ0) is 66.7. The van der Waals surface area contributed by atoms with E-state index in [2.05, 4.69) is 65.1 Å². The molecular formula is C52H86N26O12. The summed E-state index contributed by atoms with van der Waals surface area (Å²) >= 11 is 0. The number of aromatic nitrogens is 2. The van der Waals surface area contributed by atoms with Gasteiger partial charge < -0.3 is 103 Å². The second-order valence-corrected chi connectivity index (χ2v) is 20.6. The Hall–Kier alpha value is -10.2. The number of hydrogen-bond donors (Lipinski definition) is 24. The number of benzene rings is 2. The Morgan fingerprint density at radius 2 is 1.02 bits per heavy atom. The molecule has 2 aromatic carbocycles. The van der Waals surface area contributed by atoms with Crippen molar-refractivity contribution in [3.8, 4) is 0 Å². The number of carbonyl (C=O) groups excluding carboxylic acids is 8. The van der Waals surface area contributed by atoms with Gasteiger partial charge in [-0.15, -0.1) is 0 Å². The number of nitro benzene ring substituents is 1. The van der Waals surface area contributed by atoms with Gasteiger partial charge in [0, 0.05) is 31.6 Å². The number of aliphatic hydroxyl groups is 1. The molecule has 0 saturated heterocycles. The Bertz CT molecular complexity index is 2920. The quantitative estimate of drug-likeness (QED) is 0.00642. The largest absolute Gasteiger partial charge is 0.382 e.